The third-order valence-electron chi connectivity index (χ3n) is 6.89. The second-order valence-corrected chi connectivity index (χ2v) is 10.6. The van der Waals surface area contributed by atoms with E-state index in [0.29, 0.717) is 30.1 Å². The van der Waals surface area contributed by atoms with Gasteiger partial charge in [-0.2, -0.15) is 0 Å². The largest absolute Gasteiger partial charge is 0.449 e. The molecule has 7 nitrogen and oxygen atoms in total. The van der Waals surface area contributed by atoms with E-state index < -0.39 is 24.3 Å². The van der Waals surface area contributed by atoms with Crippen LogP contribution in [0.4, 0.5) is 4.79 Å². The Bertz CT molecular complexity index is 971. The molecule has 0 saturated heterocycles. The number of alkyl carbamates (subject to hydrolysis) is 1. The lowest BCUT2D eigenvalue weighted by molar-refractivity contribution is -0.125. The molecule has 1 aliphatic rings. The molecule has 2 amide bonds. The molecule has 1 fully saturated rings. The van der Waals surface area contributed by atoms with Crippen LogP contribution in [0.3, 0.4) is 0 Å². The third kappa shape index (κ3) is 7.40. The van der Waals surface area contributed by atoms with Crippen molar-refractivity contribution in [1.82, 2.24) is 10.6 Å². The lowest BCUT2D eigenvalue weighted by atomic mass is 9.90. The average molecular weight is 485 g/mol. The lowest BCUT2D eigenvalue weighted by Crippen LogP contribution is -2.53. The summed E-state index contributed by atoms with van der Waals surface area (Å²) in [6.45, 7) is 8.09. The molecule has 0 heterocycles. The standard InChI is InChI=1S/C28H40N2O5/c1-17(2)15-21(29-28(34)35-16-19-11-7-5-8-12-19)27(33)30-24(18(3)4)26(32)23-22(25(23)31)20-13-9-6-10-14-20/h6,9-10,13-14,17-19,21,24,26,32H,5,7-8,11-12,15-16H2,1-4H3,(H,29,34)(H,30,33)/t21?,24-,26-/m0/s1. The highest BCUT2D eigenvalue weighted by atomic mass is 16.5. The van der Waals surface area contributed by atoms with Gasteiger partial charge in [0.2, 0.25) is 5.91 Å². The Labute approximate surface area is 208 Å². The number of aliphatic hydroxyl groups excluding tert-OH is 1. The molecule has 3 atom stereocenters. The van der Waals surface area contributed by atoms with Crippen LogP contribution < -0.4 is 16.1 Å². The zero-order chi connectivity index (χ0) is 25.5. The summed E-state index contributed by atoms with van der Waals surface area (Å²) < 4.78 is 5.44. The minimum Gasteiger partial charge on any atom is -0.449 e. The Kier molecular flexibility index (Phi) is 9.49. The van der Waals surface area contributed by atoms with Gasteiger partial charge in [-0.15, -0.1) is 0 Å². The van der Waals surface area contributed by atoms with Gasteiger partial charge in [0.25, 0.3) is 0 Å². The van der Waals surface area contributed by atoms with Crippen molar-refractivity contribution in [1.29, 1.82) is 0 Å². The van der Waals surface area contributed by atoms with Crippen molar-refractivity contribution >= 4 is 12.0 Å². The molecule has 0 spiro atoms. The van der Waals surface area contributed by atoms with E-state index in [4.69, 9.17) is 4.74 Å². The van der Waals surface area contributed by atoms with E-state index >= 15 is 0 Å². The van der Waals surface area contributed by atoms with Gasteiger partial charge in [-0.3, -0.25) is 9.59 Å². The summed E-state index contributed by atoms with van der Waals surface area (Å²) in [6, 6.07) is 7.75. The van der Waals surface area contributed by atoms with Crippen LogP contribution in [0.2, 0.25) is 0 Å². The normalized spacial score (nSPS) is 17.3. The Morgan fingerprint density at radius 1 is 1.03 bits per heavy atom. The number of ether oxygens (including phenoxy) is 1. The molecule has 0 aromatic heterocycles. The first-order valence-electron chi connectivity index (χ1n) is 12.9. The van der Waals surface area contributed by atoms with Gasteiger partial charge in [0.1, 0.15) is 12.1 Å². The third-order valence-corrected chi connectivity index (χ3v) is 6.89. The molecule has 7 heteroatoms. The number of amides is 2. The van der Waals surface area contributed by atoms with Gasteiger partial charge >= 0.3 is 6.09 Å². The molecular formula is C28H40N2O5. The summed E-state index contributed by atoms with van der Waals surface area (Å²) in [6.07, 6.45) is 4.41. The highest BCUT2D eigenvalue weighted by Gasteiger charge is 2.37. The topological polar surface area (TPSA) is 105 Å². The van der Waals surface area contributed by atoms with Gasteiger partial charge in [-0.05, 0) is 42.6 Å². The average Bonchev–Trinajstić information content (AvgIpc) is 3.51. The van der Waals surface area contributed by atoms with Crippen LogP contribution in [-0.4, -0.2) is 35.8 Å². The first-order chi connectivity index (χ1) is 16.7. The summed E-state index contributed by atoms with van der Waals surface area (Å²) in [5, 5.41) is 16.7. The smallest absolute Gasteiger partial charge is 0.407 e. The van der Waals surface area contributed by atoms with E-state index in [1.165, 1.54) is 6.42 Å². The van der Waals surface area contributed by atoms with Gasteiger partial charge in [0.15, 0.2) is 5.43 Å². The molecule has 1 aliphatic carbocycles. The number of nitrogens with one attached hydrogen (secondary N) is 2. The molecule has 1 saturated carbocycles. The summed E-state index contributed by atoms with van der Waals surface area (Å²) in [5.74, 6) is 0.0191. The number of benzene rings is 1. The van der Waals surface area contributed by atoms with Crippen LogP contribution in [0.25, 0.3) is 11.1 Å². The SMILES string of the molecule is CC(C)CC(NC(=O)OCC1CCCCC1)C(=O)N[C@@H](C(C)C)[C@@H](O)c1c(-c2ccccc2)c1=O. The molecule has 2 aromatic carbocycles. The van der Waals surface area contributed by atoms with Crippen molar-refractivity contribution in [3.05, 3.63) is 46.1 Å². The molecule has 0 bridgehead atoms. The fraction of sp³-hybridized carbons (Fsp3) is 0.607. The number of hydrogen-bond donors (Lipinski definition) is 3. The van der Waals surface area contributed by atoms with Crippen molar-refractivity contribution in [2.45, 2.75) is 84.4 Å². The zero-order valence-corrected chi connectivity index (χ0v) is 21.4. The van der Waals surface area contributed by atoms with E-state index in [2.05, 4.69) is 10.6 Å². The quantitative estimate of drug-likeness (QED) is 0.436. The number of hydrogen-bond acceptors (Lipinski definition) is 5. The van der Waals surface area contributed by atoms with Crippen LogP contribution >= 0.6 is 0 Å². The Hall–Kier alpha value is -2.67. The molecule has 2 aromatic rings. The van der Waals surface area contributed by atoms with Gasteiger partial charge in [0.05, 0.1) is 12.6 Å². The molecular weight excluding hydrogens is 444 g/mol. The maximum Gasteiger partial charge on any atom is 0.407 e. The number of carbonyl (C=O) groups is 2. The highest BCUT2D eigenvalue weighted by molar-refractivity contribution is 5.86. The zero-order valence-electron chi connectivity index (χ0n) is 21.4. The van der Waals surface area contributed by atoms with E-state index in [9.17, 15) is 19.5 Å². The minimum atomic E-state index is -1.13. The molecule has 0 aliphatic heterocycles. The second-order valence-electron chi connectivity index (χ2n) is 10.6. The van der Waals surface area contributed by atoms with E-state index in [1.54, 1.807) is 0 Å². The Balaban J connectivity index is 1.64. The molecule has 35 heavy (non-hydrogen) atoms. The van der Waals surface area contributed by atoms with Crippen LogP contribution in [0, 0.1) is 17.8 Å². The summed E-state index contributed by atoms with van der Waals surface area (Å²) in [4.78, 5) is 38.2. The van der Waals surface area contributed by atoms with Crippen molar-refractivity contribution in [2.75, 3.05) is 6.61 Å². The number of rotatable bonds is 11. The van der Waals surface area contributed by atoms with Crippen LogP contribution in [0.1, 0.15) is 77.9 Å². The Morgan fingerprint density at radius 3 is 2.29 bits per heavy atom. The van der Waals surface area contributed by atoms with Crippen molar-refractivity contribution in [2.24, 2.45) is 17.8 Å². The molecule has 3 N–H and O–H groups in total. The molecule has 192 valence electrons. The number of aliphatic hydroxyl groups is 1. The van der Waals surface area contributed by atoms with Crippen LogP contribution in [0.15, 0.2) is 35.1 Å². The van der Waals surface area contributed by atoms with E-state index in [0.717, 1.165) is 31.2 Å². The van der Waals surface area contributed by atoms with E-state index in [-0.39, 0.29) is 23.2 Å². The predicted molar refractivity (Wildman–Crippen MR) is 137 cm³/mol. The van der Waals surface area contributed by atoms with Crippen LogP contribution in [0.5, 0.6) is 0 Å². The second kappa shape index (κ2) is 12.3. The first-order valence-corrected chi connectivity index (χ1v) is 12.9. The van der Waals surface area contributed by atoms with Crippen molar-refractivity contribution in [3.8, 4) is 11.1 Å². The van der Waals surface area contributed by atoms with Gasteiger partial charge in [-0.1, -0.05) is 77.3 Å². The van der Waals surface area contributed by atoms with Crippen molar-refractivity contribution < 1.29 is 19.4 Å². The molecule has 0 radical (unpaired) electrons. The van der Waals surface area contributed by atoms with Crippen LogP contribution in [-0.2, 0) is 9.53 Å². The van der Waals surface area contributed by atoms with Gasteiger partial charge in [0, 0.05) is 11.1 Å². The van der Waals surface area contributed by atoms with Gasteiger partial charge < -0.3 is 20.5 Å². The maximum absolute atomic E-state index is 13.2. The van der Waals surface area contributed by atoms with Crippen molar-refractivity contribution in [3.63, 3.8) is 0 Å². The van der Waals surface area contributed by atoms with Gasteiger partial charge in [-0.25, -0.2) is 4.79 Å². The molecule has 3 rings (SSSR count). The summed E-state index contributed by atoms with van der Waals surface area (Å²) >= 11 is 0. The lowest BCUT2D eigenvalue weighted by Gasteiger charge is -2.29. The Morgan fingerprint density at radius 2 is 1.69 bits per heavy atom. The monoisotopic (exact) mass is 484 g/mol. The maximum atomic E-state index is 13.2. The first kappa shape index (κ1) is 26.9. The predicted octanol–water partition coefficient (Wildman–Crippen LogP) is 4.48. The fourth-order valence-electron chi connectivity index (χ4n) is 4.85. The summed E-state index contributed by atoms with van der Waals surface area (Å²) in [5.41, 5.74) is 1.45. The molecule has 1 unspecified atom stereocenters. The number of carbonyl (C=O) groups excluding carboxylic acids is 2. The minimum absolute atomic E-state index is 0.134. The van der Waals surface area contributed by atoms with E-state index in [1.807, 2.05) is 58.0 Å². The highest BCUT2D eigenvalue weighted by Crippen LogP contribution is 2.33. The fourth-order valence-corrected chi connectivity index (χ4v) is 4.85. The summed E-state index contributed by atoms with van der Waals surface area (Å²) in [7, 11) is 0.